The van der Waals surface area contributed by atoms with Crippen molar-refractivity contribution in [2.75, 3.05) is 0 Å². The van der Waals surface area contributed by atoms with Gasteiger partial charge in [-0.05, 0) is 170 Å². The first-order valence-electron chi connectivity index (χ1n) is 29.1. The Morgan fingerprint density at radius 2 is 0.706 bits per heavy atom. The molecular weight excluding hydrogens is 1040 g/mol. The van der Waals surface area contributed by atoms with Gasteiger partial charge >= 0.3 is 0 Å². The lowest BCUT2D eigenvalue weighted by Gasteiger charge is -2.21. The van der Waals surface area contributed by atoms with E-state index >= 15 is 8.78 Å². The van der Waals surface area contributed by atoms with E-state index < -0.39 is 0 Å². The number of halogens is 2. The van der Waals surface area contributed by atoms with E-state index in [9.17, 15) is 0 Å². The van der Waals surface area contributed by atoms with E-state index in [-0.39, 0.29) is 17.7 Å². The van der Waals surface area contributed by atoms with Gasteiger partial charge in [0, 0.05) is 65.5 Å². The highest BCUT2D eigenvalue weighted by Gasteiger charge is 2.23. The number of allylic oxidation sites excluding steroid dienone is 4. The van der Waals surface area contributed by atoms with Crippen LogP contribution in [0, 0.1) is 11.6 Å². The Balaban J connectivity index is 0.833. The van der Waals surface area contributed by atoms with Gasteiger partial charge in [0.15, 0.2) is 0 Å². The van der Waals surface area contributed by atoms with Crippen molar-refractivity contribution < 1.29 is 8.78 Å². The van der Waals surface area contributed by atoms with E-state index in [4.69, 9.17) is 0 Å². The minimum Gasteiger partial charge on any atom is -0.333 e. The summed E-state index contributed by atoms with van der Waals surface area (Å²) in [6, 6.07) is 95.5. The zero-order valence-corrected chi connectivity index (χ0v) is 46.1. The summed E-state index contributed by atoms with van der Waals surface area (Å²) in [5.41, 5.74) is 19.5. The van der Waals surface area contributed by atoms with Crippen LogP contribution in [0.15, 0.2) is 291 Å². The SMILES string of the molecule is Fc1cccc2cccc(-c3ccc4c(c3)c3ccc(-c5ccc6c(c5)c5cc(-c7ccc8c9cc(-c%10cccc%11cccc(F)c%10%11)ccc9n(-c9ccccc9)c8c7)ccc5n6C5C=CC(c6ccccc6)=CC5)cc3n4-c3ccccc3)c12. The van der Waals surface area contributed by atoms with Crippen molar-refractivity contribution in [1.29, 1.82) is 0 Å². The summed E-state index contributed by atoms with van der Waals surface area (Å²) in [4.78, 5) is 0. The minimum absolute atomic E-state index is 0.102. The van der Waals surface area contributed by atoms with E-state index in [0.717, 1.165) is 117 Å². The second-order valence-electron chi connectivity index (χ2n) is 22.6. The lowest BCUT2D eigenvalue weighted by molar-refractivity contribution is 0.639. The Morgan fingerprint density at radius 3 is 1.18 bits per heavy atom. The van der Waals surface area contributed by atoms with Crippen LogP contribution in [0.4, 0.5) is 8.78 Å². The van der Waals surface area contributed by atoms with Gasteiger partial charge in [-0.3, -0.25) is 0 Å². The van der Waals surface area contributed by atoms with E-state index in [2.05, 4.69) is 232 Å². The number of nitrogens with zero attached hydrogens (tertiary/aromatic N) is 3. The molecular formula is C80H51F2N3. The Morgan fingerprint density at radius 1 is 0.306 bits per heavy atom. The zero-order valence-electron chi connectivity index (χ0n) is 46.1. The third kappa shape index (κ3) is 7.85. The molecule has 1 unspecified atom stereocenters. The predicted molar refractivity (Wildman–Crippen MR) is 352 cm³/mol. The summed E-state index contributed by atoms with van der Waals surface area (Å²) in [6.45, 7) is 0. The van der Waals surface area contributed by atoms with Crippen LogP contribution in [0.2, 0.25) is 0 Å². The molecule has 1 atom stereocenters. The Hall–Kier alpha value is -10.9. The van der Waals surface area contributed by atoms with Crippen LogP contribution in [0.3, 0.4) is 0 Å². The molecule has 0 radical (unpaired) electrons. The number of benzene rings is 13. The van der Waals surface area contributed by atoms with Crippen molar-refractivity contribution in [2.24, 2.45) is 0 Å². The van der Waals surface area contributed by atoms with Gasteiger partial charge in [0.1, 0.15) is 11.6 Å². The number of aromatic nitrogens is 3. The highest BCUT2D eigenvalue weighted by atomic mass is 19.1. The van der Waals surface area contributed by atoms with Crippen LogP contribution in [0.5, 0.6) is 0 Å². The van der Waals surface area contributed by atoms with Gasteiger partial charge in [-0.15, -0.1) is 0 Å². The monoisotopic (exact) mass is 1090 g/mol. The molecule has 0 bridgehead atoms. The van der Waals surface area contributed by atoms with Crippen LogP contribution in [-0.2, 0) is 0 Å². The molecule has 0 spiro atoms. The van der Waals surface area contributed by atoms with Gasteiger partial charge in [0.2, 0.25) is 0 Å². The van der Waals surface area contributed by atoms with E-state index in [1.807, 2.05) is 48.5 Å². The molecule has 1 aliphatic carbocycles. The predicted octanol–water partition coefficient (Wildman–Crippen LogP) is 21.8. The molecule has 0 amide bonds. The number of fused-ring (bicyclic) bond motifs is 11. The smallest absolute Gasteiger partial charge is 0.131 e. The molecule has 5 heteroatoms. The Bertz CT molecular complexity index is 5160. The van der Waals surface area contributed by atoms with Gasteiger partial charge in [-0.25, -0.2) is 8.78 Å². The molecule has 3 nitrogen and oxygen atoms in total. The fourth-order valence-corrected chi connectivity index (χ4v) is 13.9. The molecule has 3 aromatic heterocycles. The highest BCUT2D eigenvalue weighted by Crippen LogP contribution is 2.45. The maximum atomic E-state index is 15.6. The summed E-state index contributed by atoms with van der Waals surface area (Å²) in [5.74, 6) is -0.439. The van der Waals surface area contributed by atoms with E-state index in [1.165, 1.54) is 32.9 Å². The molecule has 400 valence electrons. The van der Waals surface area contributed by atoms with Crippen molar-refractivity contribution in [3.63, 3.8) is 0 Å². The van der Waals surface area contributed by atoms with Crippen molar-refractivity contribution in [2.45, 2.75) is 12.5 Å². The third-order valence-corrected chi connectivity index (χ3v) is 17.9. The Labute approximate surface area is 489 Å². The maximum absolute atomic E-state index is 15.6. The molecule has 16 aromatic rings. The van der Waals surface area contributed by atoms with E-state index in [0.29, 0.717) is 10.8 Å². The molecule has 0 saturated heterocycles. The lowest BCUT2D eigenvalue weighted by Crippen LogP contribution is -2.08. The molecule has 1 aliphatic rings. The van der Waals surface area contributed by atoms with Crippen molar-refractivity contribution in [3.8, 4) is 55.9 Å². The number of hydrogen-bond acceptors (Lipinski definition) is 0. The van der Waals surface area contributed by atoms with Gasteiger partial charge in [-0.1, -0.05) is 194 Å². The fourth-order valence-electron chi connectivity index (χ4n) is 13.9. The molecule has 17 rings (SSSR count). The number of rotatable bonds is 8. The fraction of sp³-hybridized carbons (Fsp3) is 0.0250. The summed E-state index contributed by atoms with van der Waals surface area (Å²) in [5, 5.41) is 9.88. The quantitative estimate of drug-likeness (QED) is 0.144. The molecule has 0 N–H and O–H groups in total. The van der Waals surface area contributed by atoms with Gasteiger partial charge in [0.25, 0.3) is 0 Å². The van der Waals surface area contributed by atoms with Gasteiger partial charge in [0.05, 0.1) is 28.1 Å². The molecule has 13 aromatic carbocycles. The average Bonchev–Trinajstić information content (AvgIpc) is 2.18. The standard InChI is InChI=1S/C80H51F2N3/c81-71-26-12-18-52-16-10-24-63(79(52)71)58-34-42-73-67(46-58)65-38-30-56(48-77(65)84(73)60-20-6-2-7-21-60)54-32-40-75-69(44-54)70-45-55(33-41-76(70)83(75)62-36-28-51(29-37-62)50-14-4-1-5-15-50)57-31-39-66-68-47-59(64-25-11-17-53-19-13-27-72(82)80(53)64)35-43-74(68)85(78(66)49-57)61-22-8-3-9-23-61/h1-36,38-49,62H,37H2. The topological polar surface area (TPSA) is 14.8 Å². The van der Waals surface area contributed by atoms with Crippen LogP contribution in [-0.4, -0.2) is 13.7 Å². The van der Waals surface area contributed by atoms with Crippen LogP contribution in [0.25, 0.3) is 148 Å². The first-order chi connectivity index (χ1) is 42.0. The Kier molecular flexibility index (Phi) is 11.1. The second-order valence-corrected chi connectivity index (χ2v) is 22.6. The highest BCUT2D eigenvalue weighted by molar-refractivity contribution is 6.16. The van der Waals surface area contributed by atoms with Crippen molar-refractivity contribution in [1.82, 2.24) is 13.7 Å². The van der Waals surface area contributed by atoms with Gasteiger partial charge in [-0.2, -0.15) is 0 Å². The number of para-hydroxylation sites is 2. The molecule has 0 saturated carbocycles. The summed E-state index contributed by atoms with van der Waals surface area (Å²) in [7, 11) is 0. The molecule has 3 heterocycles. The first kappa shape index (κ1) is 48.8. The largest absolute Gasteiger partial charge is 0.333 e. The third-order valence-electron chi connectivity index (χ3n) is 17.9. The second kappa shape index (κ2) is 19.4. The average molecular weight is 1090 g/mol. The summed E-state index contributed by atoms with van der Waals surface area (Å²) in [6.07, 6.45) is 7.91. The summed E-state index contributed by atoms with van der Waals surface area (Å²) < 4.78 is 38.5. The summed E-state index contributed by atoms with van der Waals surface area (Å²) >= 11 is 0. The molecule has 85 heavy (non-hydrogen) atoms. The van der Waals surface area contributed by atoms with Gasteiger partial charge < -0.3 is 13.7 Å². The minimum atomic E-state index is -0.219. The maximum Gasteiger partial charge on any atom is 0.131 e. The van der Waals surface area contributed by atoms with Crippen LogP contribution in [0.1, 0.15) is 18.0 Å². The molecule has 0 fully saturated rings. The number of hydrogen-bond donors (Lipinski definition) is 0. The zero-order chi connectivity index (χ0) is 56.3. The first-order valence-corrected chi connectivity index (χ1v) is 29.1. The van der Waals surface area contributed by atoms with Crippen molar-refractivity contribution in [3.05, 3.63) is 308 Å². The molecule has 0 aliphatic heterocycles. The normalized spacial score (nSPS) is 13.6. The van der Waals surface area contributed by atoms with Crippen molar-refractivity contribution >= 4 is 92.5 Å². The lowest BCUT2D eigenvalue weighted by atomic mass is 9.96. The van der Waals surface area contributed by atoms with Crippen LogP contribution >= 0.6 is 0 Å². The van der Waals surface area contributed by atoms with Crippen LogP contribution < -0.4 is 0 Å². The van der Waals surface area contributed by atoms with E-state index in [1.54, 1.807) is 24.3 Å².